The molecule has 1 heterocycles. The van der Waals surface area contributed by atoms with E-state index >= 15 is 0 Å². The predicted molar refractivity (Wildman–Crippen MR) is 132 cm³/mol. The molecule has 0 aromatic heterocycles. The standard InChI is InChI=1S/C26H30N2O5S/c1-17-10-12-28(23(14-17)25(30)31)24(29)16-34-13-11-27-26(32)33-15-22-20-8-4-2-6-18(20)19-7-3-5-9-21(19)22/h2-9,17,22-23H,10-16H2,1H3,(H,27,32)(H,30,31). The number of nitrogens with one attached hydrogen (secondary N) is 1. The molecule has 2 aromatic carbocycles. The SMILES string of the molecule is CC1CCN(C(=O)CSCCNC(=O)OCC2c3ccccc3-c3ccccc32)C(C(=O)O)C1. The third-order valence-electron chi connectivity index (χ3n) is 6.56. The van der Waals surface area contributed by atoms with E-state index in [1.54, 1.807) is 0 Å². The van der Waals surface area contributed by atoms with E-state index in [-0.39, 0.29) is 24.2 Å². The van der Waals surface area contributed by atoms with Crippen LogP contribution in [0, 0.1) is 5.92 Å². The van der Waals surface area contributed by atoms with Crippen molar-refractivity contribution in [3.63, 3.8) is 0 Å². The summed E-state index contributed by atoms with van der Waals surface area (Å²) in [6.07, 6.45) is 0.836. The number of ether oxygens (including phenoxy) is 1. The quantitative estimate of drug-likeness (QED) is 0.553. The summed E-state index contributed by atoms with van der Waals surface area (Å²) in [7, 11) is 0. The number of carboxylic acid groups (broad SMARTS) is 1. The topological polar surface area (TPSA) is 95.9 Å². The lowest BCUT2D eigenvalue weighted by Gasteiger charge is -2.36. The summed E-state index contributed by atoms with van der Waals surface area (Å²) < 4.78 is 5.51. The van der Waals surface area contributed by atoms with Crippen LogP contribution in [0.2, 0.25) is 0 Å². The van der Waals surface area contributed by atoms with Gasteiger partial charge in [0, 0.05) is 24.8 Å². The van der Waals surface area contributed by atoms with Crippen LogP contribution in [0.3, 0.4) is 0 Å². The number of rotatable bonds is 8. The molecule has 2 N–H and O–H groups in total. The van der Waals surface area contributed by atoms with Gasteiger partial charge in [0.2, 0.25) is 5.91 Å². The van der Waals surface area contributed by atoms with Gasteiger partial charge >= 0.3 is 12.1 Å². The molecule has 1 aliphatic heterocycles. The van der Waals surface area contributed by atoms with Crippen molar-refractivity contribution >= 4 is 29.7 Å². The number of alkyl carbamates (subject to hydrolysis) is 1. The second-order valence-electron chi connectivity index (χ2n) is 8.88. The molecule has 2 aromatic rings. The van der Waals surface area contributed by atoms with Gasteiger partial charge in [-0.2, -0.15) is 11.8 Å². The molecule has 2 atom stereocenters. The molecule has 0 spiro atoms. The Morgan fingerprint density at radius 3 is 2.38 bits per heavy atom. The van der Waals surface area contributed by atoms with Crippen LogP contribution in [0.5, 0.6) is 0 Å². The summed E-state index contributed by atoms with van der Waals surface area (Å²) in [5.74, 6) is -0.0475. The van der Waals surface area contributed by atoms with E-state index in [0.29, 0.717) is 31.2 Å². The van der Waals surface area contributed by atoms with Crippen molar-refractivity contribution in [3.8, 4) is 11.1 Å². The molecule has 8 heteroatoms. The molecule has 0 radical (unpaired) electrons. The molecule has 7 nitrogen and oxygen atoms in total. The maximum absolute atomic E-state index is 12.5. The zero-order valence-electron chi connectivity index (χ0n) is 19.2. The molecular weight excluding hydrogens is 452 g/mol. The number of nitrogens with zero attached hydrogens (tertiary/aromatic N) is 1. The zero-order chi connectivity index (χ0) is 24.1. The smallest absolute Gasteiger partial charge is 0.407 e. The molecule has 180 valence electrons. The fourth-order valence-electron chi connectivity index (χ4n) is 4.79. The number of piperidine rings is 1. The molecule has 2 unspecified atom stereocenters. The van der Waals surface area contributed by atoms with Crippen molar-refractivity contribution < 1.29 is 24.2 Å². The maximum atomic E-state index is 12.5. The number of carboxylic acids is 1. The Morgan fingerprint density at radius 2 is 1.74 bits per heavy atom. The Hall–Kier alpha value is -3.00. The monoisotopic (exact) mass is 482 g/mol. The van der Waals surface area contributed by atoms with Gasteiger partial charge in [-0.1, -0.05) is 55.5 Å². The molecule has 2 amide bonds. The number of hydrogen-bond donors (Lipinski definition) is 2. The van der Waals surface area contributed by atoms with Crippen LogP contribution in [0.1, 0.15) is 36.8 Å². The second-order valence-corrected chi connectivity index (χ2v) is 9.98. The van der Waals surface area contributed by atoms with Crippen LogP contribution >= 0.6 is 11.8 Å². The Labute approximate surface area is 203 Å². The summed E-state index contributed by atoms with van der Waals surface area (Å²) in [5.41, 5.74) is 4.69. The highest BCUT2D eigenvalue weighted by atomic mass is 32.2. The number of aliphatic carboxylic acids is 1. The number of carbonyl (C=O) groups excluding carboxylic acids is 2. The van der Waals surface area contributed by atoms with Gasteiger partial charge in [0.1, 0.15) is 12.6 Å². The van der Waals surface area contributed by atoms with Crippen LogP contribution in [0.15, 0.2) is 48.5 Å². The fraction of sp³-hybridized carbons (Fsp3) is 0.423. The van der Waals surface area contributed by atoms with Crippen molar-refractivity contribution in [3.05, 3.63) is 59.7 Å². The van der Waals surface area contributed by atoms with Crippen molar-refractivity contribution in [1.29, 1.82) is 0 Å². The molecule has 1 aliphatic carbocycles. The van der Waals surface area contributed by atoms with E-state index in [4.69, 9.17) is 4.74 Å². The van der Waals surface area contributed by atoms with Gasteiger partial charge in [-0.05, 0) is 41.0 Å². The first-order chi connectivity index (χ1) is 16.5. The van der Waals surface area contributed by atoms with E-state index in [1.807, 2.05) is 31.2 Å². The van der Waals surface area contributed by atoms with E-state index in [0.717, 1.165) is 17.5 Å². The minimum atomic E-state index is -0.943. The van der Waals surface area contributed by atoms with Gasteiger partial charge in [0.05, 0.1) is 5.75 Å². The molecule has 2 aliphatic rings. The van der Waals surface area contributed by atoms with Gasteiger partial charge in [-0.15, -0.1) is 0 Å². The lowest BCUT2D eigenvalue weighted by molar-refractivity contribution is -0.151. The number of likely N-dealkylation sites (tertiary alicyclic amines) is 1. The number of fused-ring (bicyclic) bond motifs is 3. The van der Waals surface area contributed by atoms with Crippen molar-refractivity contribution in [2.75, 3.05) is 31.2 Å². The summed E-state index contributed by atoms with van der Waals surface area (Å²) in [4.78, 5) is 37.7. The third kappa shape index (κ3) is 5.38. The van der Waals surface area contributed by atoms with Crippen LogP contribution < -0.4 is 5.32 Å². The van der Waals surface area contributed by atoms with E-state index in [9.17, 15) is 19.5 Å². The Morgan fingerprint density at radius 1 is 1.09 bits per heavy atom. The summed E-state index contributed by atoms with van der Waals surface area (Å²) in [5, 5.41) is 12.2. The fourth-order valence-corrected chi connectivity index (χ4v) is 5.52. The molecule has 0 bridgehead atoms. The average molecular weight is 483 g/mol. The summed E-state index contributed by atoms with van der Waals surface area (Å²) in [6.45, 7) is 3.13. The van der Waals surface area contributed by atoms with Gasteiger partial charge < -0.3 is 20.1 Å². The summed E-state index contributed by atoms with van der Waals surface area (Å²) >= 11 is 1.38. The molecule has 34 heavy (non-hydrogen) atoms. The highest BCUT2D eigenvalue weighted by molar-refractivity contribution is 7.99. The lowest BCUT2D eigenvalue weighted by Crippen LogP contribution is -2.50. The molecule has 4 rings (SSSR count). The normalized spacial score (nSPS) is 19.3. The van der Waals surface area contributed by atoms with E-state index in [1.165, 1.54) is 27.8 Å². The van der Waals surface area contributed by atoms with Gasteiger partial charge in [-0.25, -0.2) is 9.59 Å². The number of amides is 2. The van der Waals surface area contributed by atoms with Crippen LogP contribution in [-0.4, -0.2) is 65.2 Å². The zero-order valence-corrected chi connectivity index (χ0v) is 20.1. The van der Waals surface area contributed by atoms with Crippen molar-refractivity contribution in [2.24, 2.45) is 5.92 Å². The highest BCUT2D eigenvalue weighted by Gasteiger charge is 2.34. The molecule has 0 saturated carbocycles. The first-order valence-corrected chi connectivity index (χ1v) is 12.8. The first-order valence-electron chi connectivity index (χ1n) is 11.6. The van der Waals surface area contributed by atoms with Crippen LogP contribution in [0.4, 0.5) is 4.79 Å². The number of benzene rings is 2. The number of hydrogen-bond acceptors (Lipinski definition) is 5. The van der Waals surface area contributed by atoms with Crippen molar-refractivity contribution in [1.82, 2.24) is 10.2 Å². The minimum absolute atomic E-state index is 0.0135. The number of carbonyl (C=O) groups is 3. The van der Waals surface area contributed by atoms with Crippen LogP contribution in [0.25, 0.3) is 11.1 Å². The maximum Gasteiger partial charge on any atom is 0.407 e. The molecule has 1 fully saturated rings. The average Bonchev–Trinajstić information content (AvgIpc) is 3.16. The number of thioether (sulfide) groups is 1. The first kappa shape index (κ1) is 24.1. The van der Waals surface area contributed by atoms with E-state index in [2.05, 4.69) is 29.6 Å². The van der Waals surface area contributed by atoms with Gasteiger partial charge in [-0.3, -0.25) is 4.79 Å². The Balaban J connectivity index is 1.19. The Kier molecular flexibility index (Phi) is 7.77. The largest absolute Gasteiger partial charge is 0.480 e. The predicted octanol–water partition coefficient (Wildman–Crippen LogP) is 3.97. The lowest BCUT2D eigenvalue weighted by atomic mass is 9.92. The van der Waals surface area contributed by atoms with E-state index < -0.39 is 18.1 Å². The Bertz CT molecular complexity index is 1010. The second kappa shape index (κ2) is 11.0. The molecule has 1 saturated heterocycles. The highest BCUT2D eigenvalue weighted by Crippen LogP contribution is 2.44. The van der Waals surface area contributed by atoms with Crippen LogP contribution in [-0.2, 0) is 14.3 Å². The summed E-state index contributed by atoms with van der Waals surface area (Å²) in [6, 6.07) is 15.6. The molecular formula is C26H30N2O5S. The third-order valence-corrected chi connectivity index (χ3v) is 7.50. The van der Waals surface area contributed by atoms with Gasteiger partial charge in [0.15, 0.2) is 0 Å². The van der Waals surface area contributed by atoms with Crippen molar-refractivity contribution in [2.45, 2.75) is 31.7 Å². The minimum Gasteiger partial charge on any atom is -0.480 e. The van der Waals surface area contributed by atoms with Gasteiger partial charge in [0.25, 0.3) is 0 Å².